The summed E-state index contributed by atoms with van der Waals surface area (Å²) in [6.07, 6.45) is -0.348. The summed E-state index contributed by atoms with van der Waals surface area (Å²) in [7, 11) is 0. The van der Waals surface area contributed by atoms with Gasteiger partial charge in [-0.3, -0.25) is 9.59 Å². The minimum atomic E-state index is -0.425. The lowest BCUT2D eigenvalue weighted by molar-refractivity contribution is -0.143. The van der Waals surface area contributed by atoms with Gasteiger partial charge in [0.25, 0.3) is 5.91 Å². The monoisotopic (exact) mass is 173 g/mol. The Morgan fingerprint density at radius 1 is 1.67 bits per heavy atom. The van der Waals surface area contributed by atoms with E-state index in [0.717, 1.165) is 0 Å². The summed E-state index contributed by atoms with van der Waals surface area (Å²) >= 11 is 0. The molecule has 0 radical (unpaired) electrons. The zero-order chi connectivity index (χ0) is 8.97. The Labute approximate surface area is 70.0 Å². The third-order valence-electron chi connectivity index (χ3n) is 1.34. The molecule has 68 valence electrons. The fourth-order valence-corrected chi connectivity index (χ4v) is 0.685. The van der Waals surface area contributed by atoms with E-state index in [9.17, 15) is 9.59 Å². The molecule has 5 nitrogen and oxygen atoms in total. The molecule has 0 unspecified atom stereocenters. The maximum atomic E-state index is 10.9. The molecule has 1 rings (SSSR count). The fourth-order valence-electron chi connectivity index (χ4n) is 0.685. The number of carbonyl (C=O) groups excluding carboxylic acids is 2. The number of ether oxygens (including phenoxy) is 2. The zero-order valence-corrected chi connectivity index (χ0v) is 6.83. The van der Waals surface area contributed by atoms with Crippen LogP contribution in [0.3, 0.4) is 0 Å². The van der Waals surface area contributed by atoms with Gasteiger partial charge in [-0.2, -0.15) is 0 Å². The van der Waals surface area contributed by atoms with Gasteiger partial charge in [-0.25, -0.2) is 0 Å². The lowest BCUT2D eigenvalue weighted by atomic mass is 10.4. The van der Waals surface area contributed by atoms with E-state index in [2.05, 4.69) is 10.1 Å². The van der Waals surface area contributed by atoms with Crippen molar-refractivity contribution in [2.24, 2.45) is 0 Å². The van der Waals surface area contributed by atoms with Gasteiger partial charge in [0.1, 0.15) is 6.54 Å². The number of epoxide rings is 1. The molecule has 0 aromatic carbocycles. The number of rotatable bonds is 4. The Morgan fingerprint density at radius 3 is 2.83 bits per heavy atom. The fraction of sp³-hybridized carbons (Fsp3) is 0.714. The maximum Gasteiger partial charge on any atom is 0.325 e. The van der Waals surface area contributed by atoms with Gasteiger partial charge in [-0.15, -0.1) is 0 Å². The first-order valence-electron chi connectivity index (χ1n) is 3.79. The van der Waals surface area contributed by atoms with Crippen LogP contribution in [0.1, 0.15) is 6.92 Å². The van der Waals surface area contributed by atoms with Crippen molar-refractivity contribution < 1.29 is 19.1 Å². The van der Waals surface area contributed by atoms with Crippen molar-refractivity contribution in [3.63, 3.8) is 0 Å². The highest BCUT2D eigenvalue weighted by Crippen LogP contribution is 2.07. The zero-order valence-electron chi connectivity index (χ0n) is 6.83. The normalized spacial score (nSPS) is 19.9. The van der Waals surface area contributed by atoms with E-state index in [1.54, 1.807) is 6.92 Å². The predicted octanol–water partition coefficient (Wildman–Crippen LogP) is -0.935. The highest BCUT2D eigenvalue weighted by molar-refractivity contribution is 5.86. The summed E-state index contributed by atoms with van der Waals surface area (Å²) in [4.78, 5) is 21.6. The van der Waals surface area contributed by atoms with Crippen LogP contribution in [-0.2, 0) is 19.1 Å². The van der Waals surface area contributed by atoms with Gasteiger partial charge in [-0.1, -0.05) is 0 Å². The Hall–Kier alpha value is -1.10. The summed E-state index contributed by atoms with van der Waals surface area (Å²) < 4.78 is 9.30. The molecule has 1 aliphatic heterocycles. The van der Waals surface area contributed by atoms with E-state index in [1.807, 2.05) is 0 Å². The van der Waals surface area contributed by atoms with Gasteiger partial charge in [0.2, 0.25) is 0 Å². The van der Waals surface area contributed by atoms with Gasteiger partial charge in [0.15, 0.2) is 6.10 Å². The first-order chi connectivity index (χ1) is 5.74. The summed E-state index contributed by atoms with van der Waals surface area (Å²) in [5.41, 5.74) is 0. The Kier molecular flexibility index (Phi) is 3.04. The van der Waals surface area contributed by atoms with Gasteiger partial charge in [0.05, 0.1) is 13.2 Å². The molecule has 1 N–H and O–H groups in total. The van der Waals surface area contributed by atoms with Gasteiger partial charge < -0.3 is 14.8 Å². The topological polar surface area (TPSA) is 67.9 Å². The van der Waals surface area contributed by atoms with Crippen LogP contribution < -0.4 is 5.32 Å². The SMILES string of the molecule is CCOC(=O)CNC(=O)[C@@H]1CO1. The largest absolute Gasteiger partial charge is 0.465 e. The van der Waals surface area contributed by atoms with Gasteiger partial charge in [-0.05, 0) is 6.92 Å². The van der Waals surface area contributed by atoms with E-state index >= 15 is 0 Å². The summed E-state index contributed by atoms with van der Waals surface area (Å²) in [6.45, 7) is 2.42. The van der Waals surface area contributed by atoms with Crippen LogP contribution in [0.4, 0.5) is 0 Å². The van der Waals surface area contributed by atoms with Crippen molar-refractivity contribution >= 4 is 11.9 Å². The van der Waals surface area contributed by atoms with E-state index in [-0.39, 0.29) is 18.6 Å². The minimum Gasteiger partial charge on any atom is -0.465 e. The van der Waals surface area contributed by atoms with Crippen LogP contribution in [-0.4, -0.2) is 37.7 Å². The number of hydrogen-bond donors (Lipinski definition) is 1. The van der Waals surface area contributed by atoms with E-state index in [1.165, 1.54) is 0 Å². The van der Waals surface area contributed by atoms with E-state index in [0.29, 0.717) is 13.2 Å². The van der Waals surface area contributed by atoms with Gasteiger partial charge in [0, 0.05) is 0 Å². The summed E-state index contributed by atoms with van der Waals surface area (Å²) in [5.74, 6) is -0.672. The minimum absolute atomic E-state index is 0.0769. The highest BCUT2D eigenvalue weighted by Gasteiger charge is 2.31. The first kappa shape index (κ1) is 8.99. The van der Waals surface area contributed by atoms with Crippen LogP contribution >= 0.6 is 0 Å². The number of amides is 1. The lowest BCUT2D eigenvalue weighted by Crippen LogP contribution is -2.33. The molecule has 1 atom stereocenters. The quantitative estimate of drug-likeness (QED) is 0.440. The van der Waals surface area contributed by atoms with Crippen molar-refractivity contribution in [1.29, 1.82) is 0 Å². The molecular formula is C7H11NO4. The highest BCUT2D eigenvalue weighted by atomic mass is 16.6. The molecule has 12 heavy (non-hydrogen) atoms. The second-order valence-corrected chi connectivity index (χ2v) is 2.34. The molecule has 1 fully saturated rings. The molecule has 1 amide bonds. The molecule has 1 aliphatic rings. The van der Waals surface area contributed by atoms with Crippen LogP contribution in [0, 0.1) is 0 Å². The van der Waals surface area contributed by atoms with Crippen LogP contribution in [0.2, 0.25) is 0 Å². The van der Waals surface area contributed by atoms with Crippen molar-refractivity contribution in [2.75, 3.05) is 19.8 Å². The average Bonchev–Trinajstić information content (AvgIpc) is 2.83. The predicted molar refractivity (Wildman–Crippen MR) is 39.4 cm³/mol. The molecule has 0 spiro atoms. The molecule has 1 saturated heterocycles. The molecular weight excluding hydrogens is 162 g/mol. The number of carbonyl (C=O) groups is 2. The molecule has 0 saturated carbocycles. The molecule has 1 heterocycles. The van der Waals surface area contributed by atoms with Crippen molar-refractivity contribution in [2.45, 2.75) is 13.0 Å². The third kappa shape index (κ3) is 2.87. The molecule has 0 bridgehead atoms. The van der Waals surface area contributed by atoms with Crippen molar-refractivity contribution in [3.8, 4) is 0 Å². The smallest absolute Gasteiger partial charge is 0.325 e. The molecule has 0 aliphatic carbocycles. The van der Waals surface area contributed by atoms with Crippen molar-refractivity contribution in [1.82, 2.24) is 5.32 Å². The lowest BCUT2D eigenvalue weighted by Gasteiger charge is -2.01. The number of hydrogen-bond acceptors (Lipinski definition) is 4. The van der Waals surface area contributed by atoms with Gasteiger partial charge >= 0.3 is 5.97 Å². The maximum absolute atomic E-state index is 10.9. The summed E-state index contributed by atoms with van der Waals surface area (Å²) in [6, 6.07) is 0. The first-order valence-corrected chi connectivity index (χ1v) is 3.79. The third-order valence-corrected chi connectivity index (χ3v) is 1.34. The second-order valence-electron chi connectivity index (χ2n) is 2.34. The molecule has 0 aromatic rings. The Morgan fingerprint density at radius 2 is 2.33 bits per heavy atom. The number of nitrogens with one attached hydrogen (secondary N) is 1. The average molecular weight is 173 g/mol. The second kappa shape index (κ2) is 4.06. The van der Waals surface area contributed by atoms with Crippen LogP contribution in [0.15, 0.2) is 0 Å². The van der Waals surface area contributed by atoms with E-state index < -0.39 is 5.97 Å². The summed E-state index contributed by atoms with van der Waals surface area (Å²) in [5, 5.41) is 2.39. The molecule has 5 heteroatoms. The van der Waals surface area contributed by atoms with Crippen molar-refractivity contribution in [3.05, 3.63) is 0 Å². The Balaban J connectivity index is 2.07. The number of esters is 1. The Bertz CT molecular complexity index is 188. The van der Waals surface area contributed by atoms with Crippen LogP contribution in [0.25, 0.3) is 0 Å². The standard InChI is InChI=1S/C7H11NO4/c1-2-11-6(9)3-8-7(10)5-4-12-5/h5H,2-4H2,1H3,(H,8,10)/t5-/m0/s1. The van der Waals surface area contributed by atoms with E-state index in [4.69, 9.17) is 4.74 Å². The molecule has 0 aromatic heterocycles. The van der Waals surface area contributed by atoms with Crippen LogP contribution in [0.5, 0.6) is 0 Å².